The molecule has 1 rings (SSSR count). The molecule has 0 aromatic heterocycles. The summed E-state index contributed by atoms with van der Waals surface area (Å²) < 4.78 is 0. The van der Waals surface area contributed by atoms with Crippen LogP contribution in [-0.4, -0.2) is 0 Å². The SMILES string of the molecule is CC/C=C\C[C@H]1CC=CCC1. The number of allylic oxidation sites excluding steroid dienone is 4. The predicted molar refractivity (Wildman–Crippen MR) is 50.5 cm³/mol. The van der Waals surface area contributed by atoms with Gasteiger partial charge in [-0.05, 0) is 38.0 Å². The highest BCUT2D eigenvalue weighted by molar-refractivity contribution is 4.93. The summed E-state index contributed by atoms with van der Waals surface area (Å²) >= 11 is 0. The summed E-state index contributed by atoms with van der Waals surface area (Å²) in [6.45, 7) is 2.19. The van der Waals surface area contributed by atoms with Crippen molar-refractivity contribution >= 4 is 0 Å². The molecule has 1 aliphatic rings. The van der Waals surface area contributed by atoms with Crippen LogP contribution in [0, 0.1) is 5.92 Å². The van der Waals surface area contributed by atoms with Crippen LogP contribution in [0.5, 0.6) is 0 Å². The fourth-order valence-corrected chi connectivity index (χ4v) is 1.53. The van der Waals surface area contributed by atoms with E-state index in [-0.39, 0.29) is 0 Å². The minimum atomic E-state index is 0.933. The van der Waals surface area contributed by atoms with Gasteiger partial charge in [-0.1, -0.05) is 31.2 Å². The molecule has 1 atom stereocenters. The van der Waals surface area contributed by atoms with Crippen LogP contribution in [0.1, 0.15) is 39.0 Å². The lowest BCUT2D eigenvalue weighted by atomic mass is 9.91. The van der Waals surface area contributed by atoms with Crippen molar-refractivity contribution in [3.05, 3.63) is 24.3 Å². The van der Waals surface area contributed by atoms with E-state index in [1.54, 1.807) is 0 Å². The Morgan fingerprint density at radius 1 is 1.36 bits per heavy atom. The van der Waals surface area contributed by atoms with Crippen molar-refractivity contribution in [2.24, 2.45) is 5.92 Å². The van der Waals surface area contributed by atoms with E-state index in [4.69, 9.17) is 0 Å². The van der Waals surface area contributed by atoms with Gasteiger partial charge in [-0.2, -0.15) is 0 Å². The van der Waals surface area contributed by atoms with Crippen molar-refractivity contribution in [2.75, 3.05) is 0 Å². The summed E-state index contributed by atoms with van der Waals surface area (Å²) in [5.41, 5.74) is 0. The fraction of sp³-hybridized carbons (Fsp3) is 0.636. The summed E-state index contributed by atoms with van der Waals surface area (Å²) in [6.07, 6.45) is 15.7. The van der Waals surface area contributed by atoms with Gasteiger partial charge in [0.15, 0.2) is 0 Å². The summed E-state index contributed by atoms with van der Waals surface area (Å²) in [5, 5.41) is 0. The molecule has 0 aromatic carbocycles. The molecule has 0 spiro atoms. The molecule has 0 nitrogen and oxygen atoms in total. The van der Waals surface area contributed by atoms with Gasteiger partial charge in [0.1, 0.15) is 0 Å². The standard InChI is InChI=1S/C11H18/c1-2-3-5-8-11-9-6-4-7-10-11/h3-6,11H,2,7-10H2,1H3/b5-3-/t11-/m0/s1. The Kier molecular flexibility index (Phi) is 4.03. The minimum absolute atomic E-state index is 0.933. The second-order valence-electron chi connectivity index (χ2n) is 3.27. The van der Waals surface area contributed by atoms with Crippen LogP contribution in [0.15, 0.2) is 24.3 Å². The molecule has 0 radical (unpaired) electrons. The molecule has 0 aliphatic heterocycles. The molecule has 0 N–H and O–H groups in total. The topological polar surface area (TPSA) is 0 Å². The molecule has 11 heavy (non-hydrogen) atoms. The quantitative estimate of drug-likeness (QED) is 0.538. The lowest BCUT2D eigenvalue weighted by Gasteiger charge is -2.14. The molecule has 0 bridgehead atoms. The van der Waals surface area contributed by atoms with Crippen molar-refractivity contribution < 1.29 is 0 Å². The third-order valence-electron chi connectivity index (χ3n) is 2.25. The molecule has 0 unspecified atom stereocenters. The van der Waals surface area contributed by atoms with Crippen LogP contribution >= 0.6 is 0 Å². The molecule has 0 heterocycles. The molecule has 0 aromatic rings. The highest BCUT2D eigenvalue weighted by Gasteiger charge is 2.06. The van der Waals surface area contributed by atoms with Crippen LogP contribution in [0.25, 0.3) is 0 Å². The van der Waals surface area contributed by atoms with Gasteiger partial charge in [0.05, 0.1) is 0 Å². The first-order valence-electron chi connectivity index (χ1n) is 4.73. The summed E-state index contributed by atoms with van der Waals surface area (Å²) in [4.78, 5) is 0. The maximum Gasteiger partial charge on any atom is -0.0319 e. The normalized spacial score (nSPS) is 24.6. The van der Waals surface area contributed by atoms with Crippen LogP contribution < -0.4 is 0 Å². The van der Waals surface area contributed by atoms with E-state index in [1.165, 1.54) is 32.1 Å². The lowest BCUT2D eigenvalue weighted by molar-refractivity contribution is 0.485. The number of rotatable bonds is 3. The summed E-state index contributed by atoms with van der Waals surface area (Å²) in [6, 6.07) is 0. The van der Waals surface area contributed by atoms with Gasteiger partial charge in [0, 0.05) is 0 Å². The van der Waals surface area contributed by atoms with Crippen molar-refractivity contribution in [3.63, 3.8) is 0 Å². The van der Waals surface area contributed by atoms with E-state index in [9.17, 15) is 0 Å². The first kappa shape index (κ1) is 8.58. The molecular weight excluding hydrogens is 132 g/mol. The summed E-state index contributed by atoms with van der Waals surface area (Å²) in [7, 11) is 0. The molecule has 0 saturated heterocycles. The number of hydrogen-bond acceptors (Lipinski definition) is 0. The van der Waals surface area contributed by atoms with E-state index < -0.39 is 0 Å². The van der Waals surface area contributed by atoms with Crippen molar-refractivity contribution in [3.8, 4) is 0 Å². The Morgan fingerprint density at radius 2 is 2.27 bits per heavy atom. The van der Waals surface area contributed by atoms with Gasteiger partial charge in [0.25, 0.3) is 0 Å². The Morgan fingerprint density at radius 3 is 2.91 bits per heavy atom. The first-order valence-corrected chi connectivity index (χ1v) is 4.73. The Balaban J connectivity index is 2.16. The van der Waals surface area contributed by atoms with Gasteiger partial charge in [-0.3, -0.25) is 0 Å². The predicted octanol–water partition coefficient (Wildman–Crippen LogP) is 3.70. The van der Waals surface area contributed by atoms with Gasteiger partial charge >= 0.3 is 0 Å². The highest BCUT2D eigenvalue weighted by atomic mass is 14.1. The van der Waals surface area contributed by atoms with Crippen LogP contribution in [0.4, 0.5) is 0 Å². The van der Waals surface area contributed by atoms with Gasteiger partial charge in [-0.15, -0.1) is 0 Å². The molecule has 0 saturated carbocycles. The third kappa shape index (κ3) is 3.41. The Labute approximate surface area is 70.0 Å². The molecule has 0 amide bonds. The minimum Gasteiger partial charge on any atom is -0.0888 e. The highest BCUT2D eigenvalue weighted by Crippen LogP contribution is 2.21. The van der Waals surface area contributed by atoms with Crippen molar-refractivity contribution in [1.29, 1.82) is 0 Å². The molecule has 1 aliphatic carbocycles. The fourth-order valence-electron chi connectivity index (χ4n) is 1.53. The molecule has 62 valence electrons. The zero-order valence-corrected chi connectivity index (χ0v) is 7.42. The van der Waals surface area contributed by atoms with E-state index in [1.807, 2.05) is 0 Å². The van der Waals surface area contributed by atoms with Gasteiger partial charge < -0.3 is 0 Å². The van der Waals surface area contributed by atoms with Crippen LogP contribution in [0.2, 0.25) is 0 Å². The zero-order valence-electron chi connectivity index (χ0n) is 7.42. The molecule has 0 fully saturated rings. The molecule has 0 heteroatoms. The van der Waals surface area contributed by atoms with E-state index in [0.29, 0.717) is 0 Å². The summed E-state index contributed by atoms with van der Waals surface area (Å²) in [5.74, 6) is 0.933. The second-order valence-corrected chi connectivity index (χ2v) is 3.27. The Bertz CT molecular complexity index is 142. The lowest BCUT2D eigenvalue weighted by Crippen LogP contribution is -2.00. The van der Waals surface area contributed by atoms with E-state index >= 15 is 0 Å². The van der Waals surface area contributed by atoms with Crippen molar-refractivity contribution in [2.45, 2.75) is 39.0 Å². The van der Waals surface area contributed by atoms with Crippen LogP contribution in [0.3, 0.4) is 0 Å². The average molecular weight is 150 g/mol. The second kappa shape index (κ2) is 5.17. The monoisotopic (exact) mass is 150 g/mol. The third-order valence-corrected chi connectivity index (χ3v) is 2.25. The van der Waals surface area contributed by atoms with E-state index in [0.717, 1.165) is 5.92 Å². The van der Waals surface area contributed by atoms with Gasteiger partial charge in [0.2, 0.25) is 0 Å². The van der Waals surface area contributed by atoms with Crippen molar-refractivity contribution in [1.82, 2.24) is 0 Å². The smallest absolute Gasteiger partial charge is 0.0319 e. The Hall–Kier alpha value is -0.520. The zero-order chi connectivity index (χ0) is 7.94. The average Bonchev–Trinajstić information content (AvgIpc) is 2.07. The van der Waals surface area contributed by atoms with Gasteiger partial charge in [-0.25, -0.2) is 0 Å². The van der Waals surface area contributed by atoms with Crippen LogP contribution in [-0.2, 0) is 0 Å². The first-order chi connectivity index (χ1) is 5.43. The maximum absolute atomic E-state index is 2.34. The van der Waals surface area contributed by atoms with E-state index in [2.05, 4.69) is 31.2 Å². The largest absolute Gasteiger partial charge is 0.0888 e. The molecular formula is C11H18. The maximum atomic E-state index is 2.34. The number of hydrogen-bond donors (Lipinski definition) is 0.